The molecule has 84 valence electrons. The number of aromatic nitrogens is 2. The third-order valence-electron chi connectivity index (χ3n) is 3.41. The minimum Gasteiger partial charge on any atom is -0.497 e. The van der Waals surface area contributed by atoms with E-state index in [4.69, 9.17) is 9.72 Å². The highest BCUT2D eigenvalue weighted by Gasteiger charge is 2.18. The van der Waals surface area contributed by atoms with Gasteiger partial charge in [0.05, 0.1) is 18.1 Å². The second-order valence-corrected chi connectivity index (χ2v) is 4.63. The van der Waals surface area contributed by atoms with Gasteiger partial charge in [-0.05, 0) is 24.5 Å². The molecule has 0 amide bonds. The maximum Gasteiger partial charge on any atom is 0.121 e. The molecule has 0 radical (unpaired) electrons. The molecule has 0 unspecified atom stereocenters. The van der Waals surface area contributed by atoms with Crippen LogP contribution < -0.4 is 4.74 Å². The summed E-state index contributed by atoms with van der Waals surface area (Å²) in [5.41, 5.74) is 2.30. The van der Waals surface area contributed by atoms with Gasteiger partial charge in [0.2, 0.25) is 0 Å². The summed E-state index contributed by atoms with van der Waals surface area (Å²) in [6, 6.07) is 6.14. The van der Waals surface area contributed by atoms with E-state index in [2.05, 4.69) is 17.6 Å². The van der Waals surface area contributed by atoms with E-state index in [9.17, 15) is 0 Å². The molecule has 3 rings (SSSR count). The summed E-state index contributed by atoms with van der Waals surface area (Å²) in [5, 5.41) is 0. The van der Waals surface area contributed by atoms with Crippen molar-refractivity contribution in [1.29, 1.82) is 0 Å². The predicted molar refractivity (Wildman–Crippen MR) is 63.8 cm³/mol. The summed E-state index contributed by atoms with van der Waals surface area (Å²) in [4.78, 5) is 4.70. The molecule has 3 heteroatoms. The predicted octanol–water partition coefficient (Wildman–Crippen LogP) is 2.63. The van der Waals surface area contributed by atoms with E-state index >= 15 is 0 Å². The van der Waals surface area contributed by atoms with Crippen molar-refractivity contribution in [3.63, 3.8) is 0 Å². The number of rotatable bonds is 1. The van der Waals surface area contributed by atoms with E-state index < -0.39 is 0 Å². The zero-order chi connectivity index (χ0) is 11.1. The van der Waals surface area contributed by atoms with Crippen LogP contribution >= 0.6 is 0 Å². The van der Waals surface area contributed by atoms with Gasteiger partial charge in [-0.3, -0.25) is 0 Å². The number of benzene rings is 1. The van der Waals surface area contributed by atoms with Gasteiger partial charge in [0.1, 0.15) is 11.6 Å². The Kier molecular flexibility index (Phi) is 2.13. The Bertz CT molecular complexity index is 530. The molecule has 0 fully saturated rings. The van der Waals surface area contributed by atoms with Crippen molar-refractivity contribution < 1.29 is 4.74 Å². The van der Waals surface area contributed by atoms with Crippen molar-refractivity contribution >= 4 is 11.0 Å². The van der Waals surface area contributed by atoms with Crippen molar-refractivity contribution in [2.75, 3.05) is 7.11 Å². The Hall–Kier alpha value is -1.51. The molecule has 0 saturated heterocycles. The number of methoxy groups -OCH3 is 1. The highest BCUT2D eigenvalue weighted by Crippen LogP contribution is 2.27. The van der Waals surface area contributed by atoms with E-state index in [1.165, 1.54) is 17.8 Å². The van der Waals surface area contributed by atoms with Crippen molar-refractivity contribution in [3.05, 3.63) is 24.0 Å². The highest BCUT2D eigenvalue weighted by atomic mass is 16.5. The Morgan fingerprint density at radius 1 is 1.44 bits per heavy atom. The van der Waals surface area contributed by atoms with Gasteiger partial charge in [0.15, 0.2) is 0 Å². The molecule has 3 nitrogen and oxygen atoms in total. The third kappa shape index (κ3) is 1.39. The van der Waals surface area contributed by atoms with Gasteiger partial charge < -0.3 is 9.30 Å². The van der Waals surface area contributed by atoms with Gasteiger partial charge >= 0.3 is 0 Å². The number of hydrogen-bond acceptors (Lipinski definition) is 2. The van der Waals surface area contributed by atoms with Crippen LogP contribution in [0.15, 0.2) is 18.2 Å². The molecule has 0 aliphatic carbocycles. The quantitative estimate of drug-likeness (QED) is 0.732. The van der Waals surface area contributed by atoms with Crippen molar-refractivity contribution in [2.45, 2.75) is 26.3 Å². The molecule has 0 saturated carbocycles. The number of imidazole rings is 1. The third-order valence-corrected chi connectivity index (χ3v) is 3.41. The first kappa shape index (κ1) is 9.70. The molecule has 16 heavy (non-hydrogen) atoms. The molecule has 2 heterocycles. The summed E-state index contributed by atoms with van der Waals surface area (Å²) in [5.74, 6) is 2.87. The molecule has 1 aromatic heterocycles. The minimum atomic E-state index is 0.756. The van der Waals surface area contributed by atoms with Crippen LogP contribution in [0.2, 0.25) is 0 Å². The number of ether oxygens (including phenoxy) is 1. The molecule has 0 N–H and O–H groups in total. The number of nitrogens with zero attached hydrogens (tertiary/aromatic N) is 2. The Morgan fingerprint density at radius 3 is 3.12 bits per heavy atom. The smallest absolute Gasteiger partial charge is 0.121 e. The molecule has 0 bridgehead atoms. The first-order valence-electron chi connectivity index (χ1n) is 5.81. The first-order chi connectivity index (χ1) is 7.78. The standard InChI is InChI=1S/C13H16N2O/c1-9-5-6-15-12-4-3-10(16-2)8-11(12)14-13(15)7-9/h3-4,8-9H,5-7H2,1-2H3/t9-/m0/s1. The summed E-state index contributed by atoms with van der Waals surface area (Å²) in [6.45, 7) is 3.39. The molecular weight excluding hydrogens is 200 g/mol. The van der Waals surface area contributed by atoms with Crippen LogP contribution in [-0.2, 0) is 13.0 Å². The molecule has 1 aliphatic heterocycles. The second kappa shape index (κ2) is 3.51. The normalized spacial score (nSPS) is 19.8. The Labute approximate surface area is 95.0 Å². The van der Waals surface area contributed by atoms with Gasteiger partial charge in [-0.2, -0.15) is 0 Å². The van der Waals surface area contributed by atoms with E-state index in [0.29, 0.717) is 0 Å². The van der Waals surface area contributed by atoms with E-state index in [1.54, 1.807) is 7.11 Å². The van der Waals surface area contributed by atoms with E-state index in [1.807, 2.05) is 12.1 Å². The number of hydrogen-bond donors (Lipinski definition) is 0. The summed E-state index contributed by atoms with van der Waals surface area (Å²) in [6.07, 6.45) is 2.35. The zero-order valence-corrected chi connectivity index (χ0v) is 9.73. The largest absolute Gasteiger partial charge is 0.497 e. The fourth-order valence-corrected chi connectivity index (χ4v) is 2.46. The van der Waals surface area contributed by atoms with Crippen molar-refractivity contribution in [3.8, 4) is 5.75 Å². The maximum absolute atomic E-state index is 5.23. The molecule has 2 aromatic rings. The summed E-state index contributed by atoms with van der Waals surface area (Å²) < 4.78 is 7.57. The highest BCUT2D eigenvalue weighted by molar-refractivity contribution is 5.78. The van der Waals surface area contributed by atoms with Crippen LogP contribution in [0.25, 0.3) is 11.0 Å². The van der Waals surface area contributed by atoms with Crippen molar-refractivity contribution in [2.24, 2.45) is 5.92 Å². The lowest BCUT2D eigenvalue weighted by Gasteiger charge is -2.19. The van der Waals surface area contributed by atoms with Gasteiger partial charge in [0, 0.05) is 19.0 Å². The van der Waals surface area contributed by atoms with Crippen LogP contribution in [0.5, 0.6) is 5.75 Å². The average molecular weight is 216 g/mol. The average Bonchev–Trinajstić information content (AvgIpc) is 2.64. The van der Waals surface area contributed by atoms with Crippen molar-refractivity contribution in [1.82, 2.24) is 9.55 Å². The van der Waals surface area contributed by atoms with Crippen LogP contribution in [0.3, 0.4) is 0 Å². The molecule has 1 aliphatic rings. The number of aryl methyl sites for hydroxylation is 1. The lowest BCUT2D eigenvalue weighted by atomic mass is 10.0. The zero-order valence-electron chi connectivity index (χ0n) is 9.73. The molecular formula is C13H16N2O. The van der Waals surface area contributed by atoms with E-state index in [-0.39, 0.29) is 0 Å². The second-order valence-electron chi connectivity index (χ2n) is 4.63. The van der Waals surface area contributed by atoms with Gasteiger partial charge in [-0.25, -0.2) is 4.98 Å². The SMILES string of the molecule is COc1ccc2c(c1)nc1n2CC[C@H](C)C1. The van der Waals surface area contributed by atoms with Gasteiger partial charge in [-0.15, -0.1) is 0 Å². The summed E-state index contributed by atoms with van der Waals surface area (Å²) in [7, 11) is 1.69. The Balaban J connectivity index is 2.16. The first-order valence-corrected chi connectivity index (χ1v) is 5.81. The topological polar surface area (TPSA) is 27.1 Å². The molecule has 1 atom stereocenters. The van der Waals surface area contributed by atoms with Crippen LogP contribution in [0.1, 0.15) is 19.2 Å². The lowest BCUT2D eigenvalue weighted by Crippen LogP contribution is -2.17. The number of fused-ring (bicyclic) bond motifs is 3. The fraction of sp³-hybridized carbons (Fsp3) is 0.462. The summed E-state index contributed by atoms with van der Waals surface area (Å²) >= 11 is 0. The van der Waals surface area contributed by atoms with Gasteiger partial charge in [-0.1, -0.05) is 6.92 Å². The lowest BCUT2D eigenvalue weighted by molar-refractivity contribution is 0.414. The van der Waals surface area contributed by atoms with Crippen LogP contribution in [0, 0.1) is 5.92 Å². The fourth-order valence-electron chi connectivity index (χ4n) is 2.46. The monoisotopic (exact) mass is 216 g/mol. The maximum atomic E-state index is 5.23. The molecule has 0 spiro atoms. The van der Waals surface area contributed by atoms with Gasteiger partial charge in [0.25, 0.3) is 0 Å². The molecule has 1 aromatic carbocycles. The van der Waals surface area contributed by atoms with Crippen LogP contribution in [-0.4, -0.2) is 16.7 Å². The Morgan fingerprint density at radius 2 is 2.31 bits per heavy atom. The van der Waals surface area contributed by atoms with Crippen LogP contribution in [0.4, 0.5) is 0 Å². The minimum absolute atomic E-state index is 0.756. The van der Waals surface area contributed by atoms with E-state index in [0.717, 1.165) is 30.1 Å².